The molecule has 0 N–H and O–H groups in total. The van der Waals surface area contributed by atoms with Gasteiger partial charge in [0, 0.05) is 0 Å². The van der Waals surface area contributed by atoms with Crippen molar-refractivity contribution < 1.29 is 23.9 Å². The Morgan fingerprint density at radius 2 is 1.85 bits per heavy atom. The second-order valence-corrected chi connectivity index (χ2v) is 2.78. The number of esters is 2. The molecular formula is C8H12O5. The second-order valence-electron chi connectivity index (χ2n) is 2.78. The highest BCUT2D eigenvalue weighted by Gasteiger charge is 2.37. The third kappa shape index (κ3) is 2.85. The summed E-state index contributed by atoms with van der Waals surface area (Å²) in [5, 5.41) is 0. The predicted molar refractivity (Wildman–Crippen MR) is 42.8 cm³/mol. The SMILES string of the molecule is COC(=O)CC(C)(C=O)C(=O)OC. The molecule has 0 radical (unpaired) electrons. The summed E-state index contributed by atoms with van der Waals surface area (Å²) in [6.07, 6.45) is 0.0788. The molecule has 5 nitrogen and oxygen atoms in total. The van der Waals surface area contributed by atoms with E-state index in [0.717, 1.165) is 7.11 Å². The van der Waals surface area contributed by atoms with Crippen molar-refractivity contribution in [2.24, 2.45) is 5.41 Å². The molecule has 0 spiro atoms. The van der Waals surface area contributed by atoms with Crippen molar-refractivity contribution in [3.8, 4) is 0 Å². The van der Waals surface area contributed by atoms with Crippen LogP contribution in [0.1, 0.15) is 13.3 Å². The highest BCUT2D eigenvalue weighted by molar-refractivity contribution is 5.96. The summed E-state index contributed by atoms with van der Waals surface area (Å²) < 4.78 is 8.71. The van der Waals surface area contributed by atoms with Gasteiger partial charge in [0.15, 0.2) is 0 Å². The van der Waals surface area contributed by atoms with E-state index in [-0.39, 0.29) is 6.42 Å². The maximum Gasteiger partial charge on any atom is 0.319 e. The standard InChI is InChI=1S/C8H12O5/c1-8(5-9,7(11)13-3)4-6(10)12-2/h5H,4H2,1-3H3. The lowest BCUT2D eigenvalue weighted by molar-refractivity contribution is -0.159. The second kappa shape index (κ2) is 4.59. The Bertz CT molecular complexity index is 223. The first-order valence-corrected chi connectivity index (χ1v) is 3.61. The minimum atomic E-state index is -1.44. The van der Waals surface area contributed by atoms with Crippen LogP contribution in [0.4, 0.5) is 0 Å². The molecule has 0 aromatic carbocycles. The number of hydrogen-bond acceptors (Lipinski definition) is 5. The molecule has 0 heterocycles. The van der Waals surface area contributed by atoms with Crippen molar-refractivity contribution in [3.63, 3.8) is 0 Å². The van der Waals surface area contributed by atoms with E-state index in [2.05, 4.69) is 9.47 Å². The van der Waals surface area contributed by atoms with E-state index >= 15 is 0 Å². The number of hydrogen-bond donors (Lipinski definition) is 0. The Labute approximate surface area is 76.0 Å². The fourth-order valence-electron chi connectivity index (χ4n) is 0.767. The van der Waals surface area contributed by atoms with Crippen LogP contribution in [0.3, 0.4) is 0 Å². The summed E-state index contributed by atoms with van der Waals surface area (Å²) in [5.41, 5.74) is -1.44. The molecule has 1 atom stereocenters. The molecule has 0 bridgehead atoms. The van der Waals surface area contributed by atoms with Gasteiger partial charge in [-0.05, 0) is 6.92 Å². The quantitative estimate of drug-likeness (QED) is 0.351. The lowest BCUT2D eigenvalue weighted by atomic mass is 9.89. The van der Waals surface area contributed by atoms with E-state index in [0.29, 0.717) is 6.29 Å². The highest BCUT2D eigenvalue weighted by Crippen LogP contribution is 2.20. The molecule has 0 fully saturated rings. The van der Waals surface area contributed by atoms with Gasteiger partial charge in [-0.25, -0.2) is 0 Å². The van der Waals surface area contributed by atoms with Crippen LogP contribution in [0.25, 0.3) is 0 Å². The lowest BCUT2D eigenvalue weighted by Gasteiger charge is -2.17. The van der Waals surface area contributed by atoms with Crippen LogP contribution in [-0.4, -0.2) is 32.4 Å². The van der Waals surface area contributed by atoms with Gasteiger partial charge in [0.1, 0.15) is 11.7 Å². The van der Waals surface area contributed by atoms with Gasteiger partial charge in [-0.1, -0.05) is 0 Å². The minimum absolute atomic E-state index is 0.306. The van der Waals surface area contributed by atoms with Crippen molar-refractivity contribution in [2.45, 2.75) is 13.3 Å². The van der Waals surface area contributed by atoms with E-state index in [1.54, 1.807) is 0 Å². The van der Waals surface area contributed by atoms with Gasteiger partial charge in [-0.2, -0.15) is 0 Å². The minimum Gasteiger partial charge on any atom is -0.469 e. The third-order valence-electron chi connectivity index (χ3n) is 1.65. The third-order valence-corrected chi connectivity index (χ3v) is 1.65. The first kappa shape index (κ1) is 11.6. The molecule has 5 heteroatoms. The summed E-state index contributed by atoms with van der Waals surface area (Å²) in [6.45, 7) is 1.32. The fourth-order valence-corrected chi connectivity index (χ4v) is 0.767. The van der Waals surface area contributed by atoms with Crippen LogP contribution in [0.5, 0.6) is 0 Å². The molecule has 0 aliphatic carbocycles. The van der Waals surface area contributed by atoms with Crippen LogP contribution in [-0.2, 0) is 23.9 Å². The van der Waals surface area contributed by atoms with Gasteiger partial charge >= 0.3 is 11.9 Å². The first-order valence-electron chi connectivity index (χ1n) is 3.61. The first-order chi connectivity index (χ1) is 6.00. The molecule has 0 aliphatic heterocycles. The van der Waals surface area contributed by atoms with E-state index < -0.39 is 17.4 Å². The molecule has 0 amide bonds. The molecule has 0 rings (SSSR count). The molecule has 0 saturated carbocycles. The Balaban J connectivity index is 4.54. The summed E-state index contributed by atoms with van der Waals surface area (Å²) >= 11 is 0. The number of carbonyl (C=O) groups is 3. The topological polar surface area (TPSA) is 69.7 Å². The zero-order valence-corrected chi connectivity index (χ0v) is 7.83. The van der Waals surface area contributed by atoms with Crippen LogP contribution >= 0.6 is 0 Å². The molecule has 1 unspecified atom stereocenters. The smallest absolute Gasteiger partial charge is 0.319 e. The van der Waals surface area contributed by atoms with Crippen molar-refractivity contribution in [3.05, 3.63) is 0 Å². The maximum absolute atomic E-state index is 11.1. The number of carbonyl (C=O) groups excluding carboxylic acids is 3. The predicted octanol–water partition coefficient (Wildman–Crippen LogP) is -0.0723. The van der Waals surface area contributed by atoms with E-state index in [1.807, 2.05) is 0 Å². The largest absolute Gasteiger partial charge is 0.469 e. The average molecular weight is 188 g/mol. The van der Waals surface area contributed by atoms with Gasteiger partial charge in [0.05, 0.1) is 20.6 Å². The van der Waals surface area contributed by atoms with Crippen molar-refractivity contribution in [2.75, 3.05) is 14.2 Å². The Hall–Kier alpha value is -1.39. The van der Waals surface area contributed by atoms with Crippen LogP contribution in [0.2, 0.25) is 0 Å². The fraction of sp³-hybridized carbons (Fsp3) is 0.625. The van der Waals surface area contributed by atoms with Gasteiger partial charge in [0.2, 0.25) is 0 Å². The molecule has 13 heavy (non-hydrogen) atoms. The Kier molecular flexibility index (Phi) is 4.10. The van der Waals surface area contributed by atoms with Crippen LogP contribution in [0, 0.1) is 5.41 Å². The monoisotopic (exact) mass is 188 g/mol. The number of aldehydes is 1. The van der Waals surface area contributed by atoms with Crippen molar-refractivity contribution in [1.82, 2.24) is 0 Å². The summed E-state index contributed by atoms with van der Waals surface area (Å²) in [7, 11) is 2.34. The van der Waals surface area contributed by atoms with Gasteiger partial charge < -0.3 is 14.3 Å². The summed E-state index contributed by atoms with van der Waals surface area (Å²) in [5.74, 6) is -1.37. The lowest BCUT2D eigenvalue weighted by Crippen LogP contribution is -2.33. The zero-order valence-electron chi connectivity index (χ0n) is 7.83. The molecule has 0 aromatic heterocycles. The molecular weight excluding hydrogens is 176 g/mol. The number of ether oxygens (including phenoxy) is 2. The van der Waals surface area contributed by atoms with Crippen molar-refractivity contribution >= 4 is 18.2 Å². The molecule has 0 aliphatic rings. The number of rotatable bonds is 4. The van der Waals surface area contributed by atoms with E-state index in [9.17, 15) is 14.4 Å². The molecule has 74 valence electrons. The Morgan fingerprint density at radius 1 is 1.31 bits per heavy atom. The zero-order chi connectivity index (χ0) is 10.5. The summed E-state index contributed by atoms with van der Waals surface area (Å²) in [4.78, 5) is 32.4. The normalized spacial score (nSPS) is 14.1. The number of methoxy groups -OCH3 is 2. The average Bonchev–Trinajstić information content (AvgIpc) is 2.15. The van der Waals surface area contributed by atoms with Crippen LogP contribution in [0.15, 0.2) is 0 Å². The summed E-state index contributed by atoms with van der Waals surface area (Å²) in [6, 6.07) is 0. The van der Waals surface area contributed by atoms with Gasteiger partial charge in [-0.15, -0.1) is 0 Å². The van der Waals surface area contributed by atoms with Gasteiger partial charge in [-0.3, -0.25) is 9.59 Å². The van der Waals surface area contributed by atoms with Crippen LogP contribution < -0.4 is 0 Å². The van der Waals surface area contributed by atoms with E-state index in [1.165, 1.54) is 14.0 Å². The maximum atomic E-state index is 11.1. The molecule has 0 saturated heterocycles. The van der Waals surface area contributed by atoms with Crippen molar-refractivity contribution in [1.29, 1.82) is 0 Å². The molecule has 0 aromatic rings. The Morgan fingerprint density at radius 3 is 2.15 bits per heavy atom. The van der Waals surface area contributed by atoms with Gasteiger partial charge in [0.25, 0.3) is 0 Å². The highest BCUT2D eigenvalue weighted by atomic mass is 16.5. The van der Waals surface area contributed by atoms with E-state index in [4.69, 9.17) is 0 Å².